The maximum Gasteiger partial charge on any atom is 0.137 e. The Hall–Kier alpha value is -2.81. The quantitative estimate of drug-likeness (QED) is 0.598. The van der Waals surface area contributed by atoms with Crippen molar-refractivity contribution in [1.82, 2.24) is 4.98 Å². The van der Waals surface area contributed by atoms with Crippen LogP contribution in [0.1, 0.15) is 26.3 Å². The monoisotopic (exact) mass is 332 g/mol. The van der Waals surface area contributed by atoms with Crippen molar-refractivity contribution >= 4 is 17.2 Å². The molecule has 0 saturated heterocycles. The number of nitrogens with zero attached hydrogens (tertiary/aromatic N) is 2. The predicted molar refractivity (Wildman–Crippen MR) is 104 cm³/mol. The van der Waals surface area contributed by atoms with Crippen LogP contribution in [0.2, 0.25) is 0 Å². The maximum atomic E-state index is 5.41. The highest BCUT2D eigenvalue weighted by molar-refractivity contribution is 5.75. The van der Waals surface area contributed by atoms with E-state index in [0.29, 0.717) is 0 Å². The molecule has 3 aromatic rings. The van der Waals surface area contributed by atoms with E-state index in [2.05, 4.69) is 61.0 Å². The standard InChI is InChI=1S/C22H24N2O/c1-22(2,3)17-13-14-23-21(15-17)24(18-9-6-5-7-10-18)19-11-8-12-20(16-19)25-4/h5-16H,1-4H3. The normalized spacial score (nSPS) is 11.2. The molecule has 2 aromatic carbocycles. The Morgan fingerprint density at radius 1 is 0.840 bits per heavy atom. The number of aromatic nitrogens is 1. The second-order valence-electron chi connectivity index (χ2n) is 7.03. The highest BCUT2D eigenvalue weighted by Crippen LogP contribution is 2.36. The predicted octanol–water partition coefficient (Wildman–Crippen LogP) is 5.86. The van der Waals surface area contributed by atoms with Crippen molar-refractivity contribution in [1.29, 1.82) is 0 Å². The Bertz CT molecular complexity index is 838. The largest absolute Gasteiger partial charge is 0.497 e. The molecule has 0 atom stereocenters. The van der Waals surface area contributed by atoms with E-state index in [1.54, 1.807) is 7.11 Å². The molecule has 128 valence electrons. The second-order valence-corrected chi connectivity index (χ2v) is 7.03. The number of pyridine rings is 1. The van der Waals surface area contributed by atoms with Crippen LogP contribution >= 0.6 is 0 Å². The maximum absolute atomic E-state index is 5.41. The summed E-state index contributed by atoms with van der Waals surface area (Å²) < 4.78 is 5.41. The lowest BCUT2D eigenvalue weighted by molar-refractivity contribution is 0.415. The van der Waals surface area contributed by atoms with E-state index in [9.17, 15) is 0 Å². The Kier molecular flexibility index (Phi) is 4.75. The van der Waals surface area contributed by atoms with Gasteiger partial charge in [0.25, 0.3) is 0 Å². The van der Waals surface area contributed by atoms with Gasteiger partial charge in [0.1, 0.15) is 11.6 Å². The van der Waals surface area contributed by atoms with Crippen LogP contribution in [0.4, 0.5) is 17.2 Å². The van der Waals surface area contributed by atoms with Crippen LogP contribution in [-0.2, 0) is 5.41 Å². The molecular formula is C22H24N2O. The first-order chi connectivity index (χ1) is 12.0. The molecule has 3 rings (SSSR count). The van der Waals surface area contributed by atoms with Crippen LogP contribution in [0.5, 0.6) is 5.75 Å². The number of hydrogen-bond donors (Lipinski definition) is 0. The van der Waals surface area contributed by atoms with Gasteiger partial charge in [0.05, 0.1) is 12.8 Å². The zero-order valence-corrected chi connectivity index (χ0v) is 15.2. The first-order valence-electron chi connectivity index (χ1n) is 8.45. The summed E-state index contributed by atoms with van der Waals surface area (Å²) >= 11 is 0. The van der Waals surface area contributed by atoms with Crippen molar-refractivity contribution in [2.24, 2.45) is 0 Å². The van der Waals surface area contributed by atoms with Gasteiger partial charge >= 0.3 is 0 Å². The SMILES string of the molecule is COc1cccc(N(c2ccccc2)c2cc(C(C)(C)C)ccn2)c1. The van der Waals surface area contributed by atoms with E-state index in [1.165, 1.54) is 5.56 Å². The minimum absolute atomic E-state index is 0.0639. The van der Waals surface area contributed by atoms with Gasteiger partial charge in [0.2, 0.25) is 0 Å². The lowest BCUT2D eigenvalue weighted by Crippen LogP contribution is -2.15. The van der Waals surface area contributed by atoms with Gasteiger partial charge in [-0.25, -0.2) is 4.98 Å². The Balaban J connectivity index is 2.15. The van der Waals surface area contributed by atoms with Crippen molar-refractivity contribution in [3.63, 3.8) is 0 Å². The molecule has 0 aliphatic carbocycles. The third-order valence-electron chi connectivity index (χ3n) is 4.17. The van der Waals surface area contributed by atoms with Crippen LogP contribution in [0, 0.1) is 0 Å². The zero-order valence-electron chi connectivity index (χ0n) is 15.2. The molecule has 0 aliphatic rings. The fourth-order valence-electron chi connectivity index (χ4n) is 2.75. The molecule has 3 nitrogen and oxygen atoms in total. The minimum Gasteiger partial charge on any atom is -0.497 e. The zero-order chi connectivity index (χ0) is 17.9. The molecule has 0 radical (unpaired) electrons. The molecule has 0 bridgehead atoms. The van der Waals surface area contributed by atoms with Gasteiger partial charge in [-0.3, -0.25) is 4.90 Å². The van der Waals surface area contributed by atoms with Gasteiger partial charge in [-0.2, -0.15) is 0 Å². The summed E-state index contributed by atoms with van der Waals surface area (Å²) in [4.78, 5) is 6.80. The highest BCUT2D eigenvalue weighted by atomic mass is 16.5. The van der Waals surface area contributed by atoms with Gasteiger partial charge in [0.15, 0.2) is 0 Å². The molecule has 3 heteroatoms. The number of methoxy groups -OCH3 is 1. The number of benzene rings is 2. The number of ether oxygens (including phenoxy) is 1. The van der Waals surface area contributed by atoms with Crippen LogP contribution in [0.15, 0.2) is 72.9 Å². The molecule has 0 aliphatic heterocycles. The molecule has 0 fully saturated rings. The molecular weight excluding hydrogens is 308 g/mol. The van der Waals surface area contributed by atoms with Gasteiger partial charge in [-0.05, 0) is 47.4 Å². The average Bonchev–Trinajstić information content (AvgIpc) is 2.63. The van der Waals surface area contributed by atoms with E-state index >= 15 is 0 Å². The first-order valence-corrected chi connectivity index (χ1v) is 8.45. The van der Waals surface area contributed by atoms with Gasteiger partial charge < -0.3 is 4.74 Å². The summed E-state index contributed by atoms with van der Waals surface area (Å²) in [5, 5.41) is 0. The lowest BCUT2D eigenvalue weighted by Gasteiger charge is -2.27. The Labute approximate surface area is 149 Å². The number of para-hydroxylation sites is 1. The fourth-order valence-corrected chi connectivity index (χ4v) is 2.75. The molecule has 0 saturated carbocycles. The summed E-state index contributed by atoms with van der Waals surface area (Å²) in [6.45, 7) is 6.64. The molecule has 25 heavy (non-hydrogen) atoms. The molecule has 0 unspecified atom stereocenters. The van der Waals surface area contributed by atoms with Crippen molar-refractivity contribution in [3.8, 4) is 5.75 Å². The van der Waals surface area contributed by atoms with Gasteiger partial charge in [-0.15, -0.1) is 0 Å². The van der Waals surface area contributed by atoms with Crippen LogP contribution in [0.3, 0.4) is 0 Å². The van der Waals surface area contributed by atoms with Crippen molar-refractivity contribution in [2.75, 3.05) is 12.0 Å². The van der Waals surface area contributed by atoms with E-state index in [0.717, 1.165) is 22.9 Å². The summed E-state index contributed by atoms with van der Waals surface area (Å²) in [7, 11) is 1.68. The first kappa shape index (κ1) is 17.0. The van der Waals surface area contributed by atoms with Crippen LogP contribution in [-0.4, -0.2) is 12.1 Å². The third-order valence-corrected chi connectivity index (χ3v) is 4.17. The van der Waals surface area contributed by atoms with Gasteiger partial charge in [-0.1, -0.05) is 45.0 Å². The average molecular weight is 332 g/mol. The molecule has 1 aromatic heterocycles. The summed E-state index contributed by atoms with van der Waals surface area (Å²) in [6, 6.07) is 22.6. The van der Waals surface area contributed by atoms with E-state index in [-0.39, 0.29) is 5.41 Å². The van der Waals surface area contributed by atoms with E-state index in [4.69, 9.17) is 4.74 Å². The fraction of sp³-hybridized carbons (Fsp3) is 0.227. The van der Waals surface area contributed by atoms with E-state index in [1.807, 2.05) is 42.6 Å². The topological polar surface area (TPSA) is 25.4 Å². The van der Waals surface area contributed by atoms with Crippen LogP contribution in [0.25, 0.3) is 0 Å². The molecule has 0 spiro atoms. The second kappa shape index (κ2) is 6.98. The molecule has 0 amide bonds. The molecule has 0 N–H and O–H groups in total. The minimum atomic E-state index is 0.0639. The Morgan fingerprint density at radius 3 is 2.24 bits per heavy atom. The smallest absolute Gasteiger partial charge is 0.137 e. The van der Waals surface area contributed by atoms with E-state index < -0.39 is 0 Å². The van der Waals surface area contributed by atoms with Crippen molar-refractivity contribution in [3.05, 3.63) is 78.5 Å². The summed E-state index contributed by atoms with van der Waals surface area (Å²) in [5.41, 5.74) is 3.40. The number of hydrogen-bond acceptors (Lipinski definition) is 3. The number of anilines is 3. The van der Waals surface area contributed by atoms with Crippen molar-refractivity contribution in [2.45, 2.75) is 26.2 Å². The van der Waals surface area contributed by atoms with Crippen molar-refractivity contribution < 1.29 is 4.74 Å². The molecule has 1 heterocycles. The highest BCUT2D eigenvalue weighted by Gasteiger charge is 2.18. The van der Waals surface area contributed by atoms with Gasteiger partial charge in [0, 0.05) is 18.0 Å². The lowest BCUT2D eigenvalue weighted by atomic mass is 9.88. The summed E-state index contributed by atoms with van der Waals surface area (Å²) in [6.07, 6.45) is 1.88. The number of rotatable bonds is 4. The Morgan fingerprint density at radius 2 is 1.56 bits per heavy atom. The van der Waals surface area contributed by atoms with Crippen LogP contribution < -0.4 is 9.64 Å². The summed E-state index contributed by atoms with van der Waals surface area (Å²) in [5.74, 6) is 1.72. The third kappa shape index (κ3) is 3.82.